The van der Waals surface area contributed by atoms with E-state index in [4.69, 9.17) is 16.6 Å². The molecule has 0 radical (unpaired) electrons. The van der Waals surface area contributed by atoms with Crippen LogP contribution < -0.4 is 11.5 Å². The lowest BCUT2D eigenvalue weighted by molar-refractivity contribution is -0.139. The van der Waals surface area contributed by atoms with E-state index in [1.807, 2.05) is 31.2 Å². The molecule has 0 heterocycles. The molecule has 0 amide bonds. The molecule has 1 rings (SSSR count). The monoisotopic (exact) mass is 208 g/mol. The zero-order valence-electron chi connectivity index (χ0n) is 8.68. The fourth-order valence-corrected chi connectivity index (χ4v) is 1.48. The molecule has 0 aromatic heterocycles. The summed E-state index contributed by atoms with van der Waals surface area (Å²) in [6.07, 6.45) is 0. The molecule has 5 N–H and O–H groups in total. The number of carboxylic acids is 1. The molecule has 4 heteroatoms. The third kappa shape index (κ3) is 2.78. The molecule has 82 valence electrons. The molecule has 0 unspecified atom stereocenters. The standard InChI is InChI=1S/C11H16N2O2/c1-7-2-4-8(5-3-7)9(6-12)10(13)11(14)15/h2-5,9-10H,6,12-13H2,1H3,(H,14,15)/t9-,10+/m0/s1. The van der Waals surface area contributed by atoms with Gasteiger partial charge in [-0.05, 0) is 12.5 Å². The highest BCUT2D eigenvalue weighted by molar-refractivity contribution is 5.74. The molecule has 0 spiro atoms. The van der Waals surface area contributed by atoms with Crippen LogP contribution in [0.25, 0.3) is 0 Å². The van der Waals surface area contributed by atoms with E-state index in [0.717, 1.165) is 11.1 Å². The summed E-state index contributed by atoms with van der Waals surface area (Å²) in [7, 11) is 0. The van der Waals surface area contributed by atoms with Gasteiger partial charge in [-0.2, -0.15) is 0 Å². The molecule has 0 aliphatic heterocycles. The molecule has 15 heavy (non-hydrogen) atoms. The first-order valence-electron chi connectivity index (χ1n) is 4.81. The number of aryl methyl sites for hydroxylation is 1. The predicted molar refractivity (Wildman–Crippen MR) is 58.6 cm³/mol. The Morgan fingerprint density at radius 3 is 2.33 bits per heavy atom. The first kappa shape index (κ1) is 11.7. The van der Waals surface area contributed by atoms with Gasteiger partial charge in [-0.3, -0.25) is 4.79 Å². The molecule has 0 bridgehead atoms. The van der Waals surface area contributed by atoms with E-state index < -0.39 is 12.0 Å². The van der Waals surface area contributed by atoms with Gasteiger partial charge < -0.3 is 16.6 Å². The minimum Gasteiger partial charge on any atom is -0.480 e. The van der Waals surface area contributed by atoms with E-state index >= 15 is 0 Å². The van der Waals surface area contributed by atoms with Crippen molar-refractivity contribution in [3.63, 3.8) is 0 Å². The van der Waals surface area contributed by atoms with Crippen molar-refractivity contribution in [2.75, 3.05) is 6.54 Å². The average molecular weight is 208 g/mol. The maximum atomic E-state index is 10.8. The SMILES string of the molecule is Cc1ccc([C@H](CN)[C@@H](N)C(=O)O)cc1. The Balaban J connectivity index is 2.92. The topological polar surface area (TPSA) is 89.3 Å². The lowest BCUT2D eigenvalue weighted by Crippen LogP contribution is -2.39. The third-order valence-corrected chi connectivity index (χ3v) is 2.48. The van der Waals surface area contributed by atoms with Crippen molar-refractivity contribution in [2.24, 2.45) is 11.5 Å². The van der Waals surface area contributed by atoms with Gasteiger partial charge >= 0.3 is 5.97 Å². The lowest BCUT2D eigenvalue weighted by atomic mass is 9.91. The van der Waals surface area contributed by atoms with Gasteiger partial charge in [0.2, 0.25) is 0 Å². The first-order valence-corrected chi connectivity index (χ1v) is 4.81. The largest absolute Gasteiger partial charge is 0.480 e. The maximum absolute atomic E-state index is 10.8. The molecule has 0 aliphatic rings. The number of carbonyl (C=O) groups is 1. The molecule has 0 aliphatic carbocycles. The fraction of sp³-hybridized carbons (Fsp3) is 0.364. The van der Waals surface area contributed by atoms with Gasteiger partial charge in [-0.15, -0.1) is 0 Å². The Labute approximate surface area is 88.9 Å². The van der Waals surface area contributed by atoms with Crippen molar-refractivity contribution >= 4 is 5.97 Å². The summed E-state index contributed by atoms with van der Waals surface area (Å²) in [4.78, 5) is 10.8. The van der Waals surface area contributed by atoms with E-state index in [1.165, 1.54) is 0 Å². The van der Waals surface area contributed by atoms with Crippen molar-refractivity contribution in [3.8, 4) is 0 Å². The Hall–Kier alpha value is -1.39. The van der Waals surface area contributed by atoms with Crippen molar-refractivity contribution in [1.82, 2.24) is 0 Å². The van der Waals surface area contributed by atoms with Crippen LogP contribution in [0.4, 0.5) is 0 Å². The minimum atomic E-state index is -1.02. The fourth-order valence-electron chi connectivity index (χ4n) is 1.48. The highest BCUT2D eigenvalue weighted by Crippen LogP contribution is 2.18. The number of rotatable bonds is 4. The number of nitrogens with two attached hydrogens (primary N) is 2. The highest BCUT2D eigenvalue weighted by Gasteiger charge is 2.24. The molecule has 0 fully saturated rings. The van der Waals surface area contributed by atoms with E-state index in [9.17, 15) is 4.79 Å². The van der Waals surface area contributed by atoms with E-state index in [2.05, 4.69) is 0 Å². The maximum Gasteiger partial charge on any atom is 0.321 e. The van der Waals surface area contributed by atoms with E-state index in [0.29, 0.717) is 0 Å². The minimum absolute atomic E-state index is 0.233. The van der Waals surface area contributed by atoms with Crippen LogP contribution in [-0.4, -0.2) is 23.7 Å². The zero-order chi connectivity index (χ0) is 11.4. The van der Waals surface area contributed by atoms with Crippen LogP contribution in [-0.2, 0) is 4.79 Å². The smallest absolute Gasteiger partial charge is 0.321 e. The van der Waals surface area contributed by atoms with Crippen molar-refractivity contribution in [1.29, 1.82) is 0 Å². The molecular formula is C11H16N2O2. The predicted octanol–water partition coefficient (Wildman–Crippen LogP) is 0.449. The number of hydrogen-bond acceptors (Lipinski definition) is 3. The van der Waals surface area contributed by atoms with Crippen molar-refractivity contribution < 1.29 is 9.90 Å². The number of carboxylic acid groups (broad SMARTS) is 1. The van der Waals surface area contributed by atoms with Crippen LogP contribution in [0.5, 0.6) is 0 Å². The molecule has 1 aromatic carbocycles. The van der Waals surface area contributed by atoms with Crippen LogP contribution in [0.1, 0.15) is 17.0 Å². The summed E-state index contributed by atoms with van der Waals surface area (Å²) >= 11 is 0. The molecule has 4 nitrogen and oxygen atoms in total. The second-order valence-corrected chi connectivity index (χ2v) is 3.62. The Morgan fingerprint density at radius 2 is 1.93 bits per heavy atom. The van der Waals surface area contributed by atoms with Crippen LogP contribution >= 0.6 is 0 Å². The number of aliphatic carboxylic acids is 1. The van der Waals surface area contributed by atoms with Gasteiger partial charge in [-0.25, -0.2) is 0 Å². The number of hydrogen-bond donors (Lipinski definition) is 3. The second-order valence-electron chi connectivity index (χ2n) is 3.62. The average Bonchev–Trinajstić information content (AvgIpc) is 2.21. The zero-order valence-corrected chi connectivity index (χ0v) is 8.68. The van der Waals surface area contributed by atoms with Gasteiger partial charge in [0.15, 0.2) is 0 Å². The molecule has 2 atom stereocenters. The van der Waals surface area contributed by atoms with Crippen molar-refractivity contribution in [2.45, 2.75) is 18.9 Å². The third-order valence-electron chi connectivity index (χ3n) is 2.48. The van der Waals surface area contributed by atoms with E-state index in [-0.39, 0.29) is 12.5 Å². The molecule has 1 aromatic rings. The molecule has 0 saturated carbocycles. The summed E-state index contributed by atoms with van der Waals surface area (Å²) in [5, 5.41) is 8.82. The summed E-state index contributed by atoms with van der Waals surface area (Å²) in [6.45, 7) is 2.20. The normalized spacial score (nSPS) is 14.6. The van der Waals surface area contributed by atoms with Crippen LogP contribution in [0.3, 0.4) is 0 Å². The van der Waals surface area contributed by atoms with Gasteiger partial charge in [0.05, 0.1) is 0 Å². The van der Waals surface area contributed by atoms with Gasteiger partial charge in [0.25, 0.3) is 0 Å². The van der Waals surface area contributed by atoms with Gasteiger partial charge in [0.1, 0.15) is 6.04 Å². The molecular weight excluding hydrogens is 192 g/mol. The van der Waals surface area contributed by atoms with Crippen LogP contribution in [0.2, 0.25) is 0 Å². The van der Waals surface area contributed by atoms with Gasteiger partial charge in [-0.1, -0.05) is 29.8 Å². The summed E-state index contributed by atoms with van der Waals surface area (Å²) in [5.41, 5.74) is 13.1. The summed E-state index contributed by atoms with van der Waals surface area (Å²) < 4.78 is 0. The number of benzene rings is 1. The van der Waals surface area contributed by atoms with Gasteiger partial charge in [0, 0.05) is 12.5 Å². The van der Waals surface area contributed by atoms with E-state index in [1.54, 1.807) is 0 Å². The summed E-state index contributed by atoms with van der Waals surface area (Å²) in [6, 6.07) is 6.64. The van der Waals surface area contributed by atoms with Crippen LogP contribution in [0, 0.1) is 6.92 Å². The quantitative estimate of drug-likeness (QED) is 0.670. The van der Waals surface area contributed by atoms with Crippen LogP contribution in [0.15, 0.2) is 24.3 Å². The Kier molecular flexibility index (Phi) is 3.82. The Morgan fingerprint density at radius 1 is 1.40 bits per heavy atom. The highest BCUT2D eigenvalue weighted by atomic mass is 16.4. The van der Waals surface area contributed by atoms with Crippen molar-refractivity contribution in [3.05, 3.63) is 35.4 Å². The molecule has 0 saturated heterocycles. The first-order chi connectivity index (χ1) is 7.06. The lowest BCUT2D eigenvalue weighted by Gasteiger charge is -2.19. The Bertz CT molecular complexity index is 335. The second kappa shape index (κ2) is 4.91. The summed E-state index contributed by atoms with van der Waals surface area (Å²) in [5.74, 6) is -1.35.